The molecule has 0 saturated carbocycles. The first-order chi connectivity index (χ1) is 12.2. The standard InChI is InChI=1S/C20H24N4S.HI/c1-3-22-20(24-15-18-11-9-17(13-21)10-12-18)23-14-16(2)25-19-7-5-4-6-8-19;/h4-12,16H,3,14-15H2,1-2H3,(H2,22,23,24);1H. The number of nitrogens with one attached hydrogen (secondary N) is 2. The molecule has 0 radical (unpaired) electrons. The number of rotatable bonds is 7. The lowest BCUT2D eigenvalue weighted by Gasteiger charge is -2.15. The third kappa shape index (κ3) is 8.11. The summed E-state index contributed by atoms with van der Waals surface area (Å²) >= 11 is 1.85. The third-order valence-corrected chi connectivity index (χ3v) is 4.60. The van der Waals surface area contributed by atoms with Gasteiger partial charge in [-0.05, 0) is 36.8 Å². The van der Waals surface area contributed by atoms with Gasteiger partial charge in [0.05, 0.1) is 18.2 Å². The van der Waals surface area contributed by atoms with Crippen LogP contribution in [0.3, 0.4) is 0 Å². The van der Waals surface area contributed by atoms with Gasteiger partial charge in [-0.3, -0.25) is 0 Å². The molecule has 0 aliphatic rings. The first-order valence-corrected chi connectivity index (χ1v) is 9.32. The van der Waals surface area contributed by atoms with Crippen molar-refractivity contribution in [3.8, 4) is 6.07 Å². The molecule has 2 aromatic carbocycles. The van der Waals surface area contributed by atoms with Gasteiger partial charge in [0.2, 0.25) is 0 Å². The Labute approximate surface area is 177 Å². The van der Waals surface area contributed by atoms with Gasteiger partial charge >= 0.3 is 0 Å². The number of thioether (sulfide) groups is 1. The van der Waals surface area contributed by atoms with E-state index < -0.39 is 0 Å². The summed E-state index contributed by atoms with van der Waals surface area (Å²) in [6.07, 6.45) is 0. The fourth-order valence-electron chi connectivity index (χ4n) is 2.21. The van der Waals surface area contributed by atoms with Crippen molar-refractivity contribution in [1.82, 2.24) is 10.6 Å². The Morgan fingerprint density at radius 2 is 1.81 bits per heavy atom. The minimum Gasteiger partial charge on any atom is -0.357 e. The maximum atomic E-state index is 8.84. The number of aliphatic imine (C=N–C) groups is 1. The highest BCUT2D eigenvalue weighted by Gasteiger charge is 2.06. The summed E-state index contributed by atoms with van der Waals surface area (Å²) in [5.41, 5.74) is 1.76. The predicted molar refractivity (Wildman–Crippen MR) is 121 cm³/mol. The van der Waals surface area contributed by atoms with Crippen molar-refractivity contribution in [2.45, 2.75) is 30.5 Å². The molecule has 0 aromatic heterocycles. The van der Waals surface area contributed by atoms with E-state index in [1.165, 1.54) is 4.90 Å². The van der Waals surface area contributed by atoms with Crippen LogP contribution < -0.4 is 10.6 Å². The van der Waals surface area contributed by atoms with E-state index in [1.54, 1.807) is 0 Å². The molecule has 2 rings (SSSR count). The molecule has 0 aliphatic carbocycles. The second-order valence-electron chi connectivity index (χ2n) is 5.63. The fraction of sp³-hybridized carbons (Fsp3) is 0.300. The van der Waals surface area contributed by atoms with Gasteiger partial charge < -0.3 is 10.6 Å². The molecule has 2 N–H and O–H groups in total. The Bertz CT molecular complexity index is 711. The summed E-state index contributed by atoms with van der Waals surface area (Å²) in [6, 6.07) is 20.1. The normalized spacial score (nSPS) is 11.8. The Kier molecular flexibility index (Phi) is 10.8. The molecule has 26 heavy (non-hydrogen) atoms. The molecule has 6 heteroatoms. The van der Waals surface area contributed by atoms with Crippen LogP contribution in [0.4, 0.5) is 0 Å². The van der Waals surface area contributed by atoms with Crippen LogP contribution in [-0.4, -0.2) is 24.3 Å². The average molecular weight is 480 g/mol. The number of halogens is 1. The van der Waals surface area contributed by atoms with Crippen LogP contribution in [0.15, 0.2) is 64.5 Å². The highest BCUT2D eigenvalue weighted by molar-refractivity contribution is 14.0. The molecule has 138 valence electrons. The molecule has 0 spiro atoms. The highest BCUT2D eigenvalue weighted by Crippen LogP contribution is 2.21. The SMILES string of the molecule is CCNC(=NCc1ccc(C#N)cc1)NCC(C)Sc1ccccc1.I. The van der Waals surface area contributed by atoms with Crippen molar-refractivity contribution in [2.75, 3.05) is 13.1 Å². The zero-order chi connectivity index (χ0) is 17.9. The van der Waals surface area contributed by atoms with E-state index in [1.807, 2.05) is 42.1 Å². The number of hydrogen-bond acceptors (Lipinski definition) is 3. The van der Waals surface area contributed by atoms with Gasteiger partial charge in [0.1, 0.15) is 0 Å². The highest BCUT2D eigenvalue weighted by atomic mass is 127. The van der Waals surface area contributed by atoms with E-state index in [9.17, 15) is 0 Å². The van der Waals surface area contributed by atoms with Crippen molar-refractivity contribution in [2.24, 2.45) is 4.99 Å². The molecule has 2 aromatic rings. The molecular weight excluding hydrogens is 455 g/mol. The second-order valence-corrected chi connectivity index (χ2v) is 7.14. The predicted octanol–water partition coefficient (Wildman–Crippen LogP) is 4.41. The molecule has 0 heterocycles. The molecule has 1 unspecified atom stereocenters. The molecule has 0 saturated heterocycles. The van der Waals surface area contributed by atoms with E-state index in [-0.39, 0.29) is 24.0 Å². The van der Waals surface area contributed by atoms with Gasteiger partial charge in [-0.1, -0.05) is 37.3 Å². The van der Waals surface area contributed by atoms with Crippen molar-refractivity contribution >= 4 is 41.7 Å². The first-order valence-electron chi connectivity index (χ1n) is 8.44. The van der Waals surface area contributed by atoms with Crippen molar-refractivity contribution in [3.63, 3.8) is 0 Å². The van der Waals surface area contributed by atoms with Crippen molar-refractivity contribution in [3.05, 3.63) is 65.7 Å². The summed E-state index contributed by atoms with van der Waals surface area (Å²) in [6.45, 7) is 6.50. The average Bonchev–Trinajstić information content (AvgIpc) is 2.65. The van der Waals surface area contributed by atoms with E-state index in [0.29, 0.717) is 17.4 Å². The first kappa shape index (κ1) is 22.3. The Morgan fingerprint density at radius 1 is 1.12 bits per heavy atom. The topological polar surface area (TPSA) is 60.2 Å². The molecule has 1 atom stereocenters. The van der Waals surface area contributed by atoms with Crippen LogP contribution in [0.2, 0.25) is 0 Å². The number of nitriles is 1. The summed E-state index contributed by atoms with van der Waals surface area (Å²) in [7, 11) is 0. The van der Waals surface area contributed by atoms with Crippen LogP contribution in [0.5, 0.6) is 0 Å². The van der Waals surface area contributed by atoms with Crippen LogP contribution in [0.25, 0.3) is 0 Å². The second kappa shape index (κ2) is 12.6. The minimum absolute atomic E-state index is 0. The number of hydrogen-bond donors (Lipinski definition) is 2. The van der Waals surface area contributed by atoms with E-state index in [4.69, 9.17) is 5.26 Å². The van der Waals surface area contributed by atoms with E-state index >= 15 is 0 Å². The minimum atomic E-state index is 0. The van der Waals surface area contributed by atoms with E-state index in [2.05, 4.69) is 59.8 Å². The maximum Gasteiger partial charge on any atom is 0.191 e. The van der Waals surface area contributed by atoms with Gasteiger partial charge in [0.15, 0.2) is 5.96 Å². The molecule has 0 fully saturated rings. The molecule has 4 nitrogen and oxygen atoms in total. The summed E-state index contributed by atoms with van der Waals surface area (Å²) in [5.74, 6) is 0.812. The summed E-state index contributed by atoms with van der Waals surface area (Å²) in [5, 5.41) is 15.9. The van der Waals surface area contributed by atoms with Crippen molar-refractivity contribution < 1.29 is 0 Å². The van der Waals surface area contributed by atoms with Crippen LogP contribution in [0.1, 0.15) is 25.0 Å². The smallest absolute Gasteiger partial charge is 0.191 e. The Balaban J connectivity index is 0.00000338. The number of nitrogens with zero attached hydrogens (tertiary/aromatic N) is 2. The van der Waals surface area contributed by atoms with E-state index in [0.717, 1.165) is 24.6 Å². The molecular formula is C20H25IN4S. The lowest BCUT2D eigenvalue weighted by molar-refractivity contribution is 0.794. The number of guanidine groups is 1. The van der Waals surface area contributed by atoms with Gasteiger partial charge in [0.25, 0.3) is 0 Å². The van der Waals surface area contributed by atoms with Crippen LogP contribution in [0, 0.1) is 11.3 Å². The molecule has 0 amide bonds. The third-order valence-electron chi connectivity index (χ3n) is 3.48. The zero-order valence-corrected chi connectivity index (χ0v) is 18.3. The maximum absolute atomic E-state index is 8.84. The van der Waals surface area contributed by atoms with Crippen molar-refractivity contribution in [1.29, 1.82) is 5.26 Å². The lowest BCUT2D eigenvalue weighted by atomic mass is 10.1. The fourth-order valence-corrected chi connectivity index (χ4v) is 3.16. The van der Waals surface area contributed by atoms with Gasteiger partial charge in [-0.15, -0.1) is 35.7 Å². The number of benzene rings is 2. The molecule has 0 bridgehead atoms. The quantitative estimate of drug-likeness (QED) is 0.267. The monoisotopic (exact) mass is 480 g/mol. The lowest BCUT2D eigenvalue weighted by Crippen LogP contribution is -2.40. The Morgan fingerprint density at radius 3 is 2.42 bits per heavy atom. The summed E-state index contributed by atoms with van der Waals surface area (Å²) < 4.78 is 0. The van der Waals surface area contributed by atoms with Gasteiger partial charge in [-0.2, -0.15) is 5.26 Å². The zero-order valence-electron chi connectivity index (χ0n) is 15.1. The molecule has 0 aliphatic heterocycles. The van der Waals surface area contributed by atoms with Gasteiger partial charge in [-0.25, -0.2) is 4.99 Å². The van der Waals surface area contributed by atoms with Crippen LogP contribution >= 0.6 is 35.7 Å². The summed E-state index contributed by atoms with van der Waals surface area (Å²) in [4.78, 5) is 5.89. The largest absolute Gasteiger partial charge is 0.357 e. The Hall–Kier alpha value is -1.72. The van der Waals surface area contributed by atoms with Crippen LogP contribution in [-0.2, 0) is 6.54 Å². The van der Waals surface area contributed by atoms with Gasteiger partial charge in [0, 0.05) is 23.2 Å².